The van der Waals surface area contributed by atoms with Crippen LogP contribution in [0, 0.1) is 0 Å². The SMILES string of the molecule is CCON([SiH](C)C)[Si](OCC)(OCC)OCC. The lowest BCUT2D eigenvalue weighted by atomic mass is 10.9. The standard InChI is InChI=1S/C10H27NO4Si2/c1-7-12-11(16(5)6)17(13-8-2,14-9-3)15-10-4/h16H,7-10H2,1-6H3. The minimum Gasteiger partial charge on any atom is -0.360 e. The molecule has 0 amide bonds. The molecule has 0 unspecified atom stereocenters. The molecule has 104 valence electrons. The Morgan fingerprint density at radius 2 is 1.24 bits per heavy atom. The second-order valence-electron chi connectivity index (χ2n) is 3.66. The minimum absolute atomic E-state index is 0.566. The summed E-state index contributed by atoms with van der Waals surface area (Å²) < 4.78 is 19.4. The van der Waals surface area contributed by atoms with Crippen molar-refractivity contribution in [2.24, 2.45) is 0 Å². The molecule has 0 fully saturated rings. The second-order valence-corrected chi connectivity index (χ2v) is 9.19. The van der Waals surface area contributed by atoms with Crippen LogP contribution in [0.5, 0.6) is 0 Å². The molecule has 0 saturated heterocycles. The zero-order chi connectivity index (χ0) is 13.3. The molecule has 0 spiro atoms. The van der Waals surface area contributed by atoms with E-state index in [1.807, 2.05) is 32.1 Å². The maximum absolute atomic E-state index is 5.82. The van der Waals surface area contributed by atoms with Gasteiger partial charge in [0, 0.05) is 19.8 Å². The molecule has 0 heterocycles. The largest absolute Gasteiger partial charge is 0.616 e. The first-order chi connectivity index (χ1) is 8.07. The fourth-order valence-corrected chi connectivity index (χ4v) is 7.21. The lowest BCUT2D eigenvalue weighted by molar-refractivity contribution is -0.107. The highest BCUT2D eigenvalue weighted by molar-refractivity contribution is 6.72. The quantitative estimate of drug-likeness (QED) is 0.451. The van der Waals surface area contributed by atoms with Gasteiger partial charge >= 0.3 is 8.97 Å². The van der Waals surface area contributed by atoms with E-state index in [-0.39, 0.29) is 0 Å². The van der Waals surface area contributed by atoms with Gasteiger partial charge in [-0.15, -0.1) is 0 Å². The topological polar surface area (TPSA) is 40.2 Å². The van der Waals surface area contributed by atoms with Crippen LogP contribution in [0.15, 0.2) is 0 Å². The Kier molecular flexibility index (Phi) is 9.33. The monoisotopic (exact) mass is 281 g/mol. The van der Waals surface area contributed by atoms with Gasteiger partial charge in [-0.25, -0.2) is 0 Å². The molecule has 0 aliphatic heterocycles. The highest BCUT2D eigenvalue weighted by Gasteiger charge is 2.51. The van der Waals surface area contributed by atoms with Crippen molar-refractivity contribution in [3.63, 3.8) is 0 Å². The van der Waals surface area contributed by atoms with E-state index < -0.39 is 17.9 Å². The van der Waals surface area contributed by atoms with Crippen molar-refractivity contribution in [1.29, 1.82) is 0 Å². The van der Waals surface area contributed by atoms with E-state index >= 15 is 0 Å². The first-order valence-corrected chi connectivity index (χ1v) is 10.9. The molecule has 0 aliphatic carbocycles. The molecule has 0 radical (unpaired) electrons. The smallest absolute Gasteiger partial charge is 0.360 e. The summed E-state index contributed by atoms with van der Waals surface area (Å²) in [5.74, 6) is 0. The maximum Gasteiger partial charge on any atom is 0.616 e. The van der Waals surface area contributed by atoms with Crippen LogP contribution >= 0.6 is 0 Å². The molecule has 0 bridgehead atoms. The number of hydrogen-bond donors (Lipinski definition) is 0. The van der Waals surface area contributed by atoms with Crippen molar-refractivity contribution < 1.29 is 18.1 Å². The van der Waals surface area contributed by atoms with Crippen molar-refractivity contribution in [3.8, 4) is 0 Å². The van der Waals surface area contributed by atoms with E-state index in [2.05, 4.69) is 13.1 Å². The Balaban J connectivity index is 5.01. The summed E-state index contributed by atoms with van der Waals surface area (Å²) >= 11 is 0. The number of nitrogens with zero attached hydrogens (tertiary/aromatic N) is 1. The van der Waals surface area contributed by atoms with Gasteiger partial charge in [-0.3, -0.25) is 0 Å². The average molecular weight is 282 g/mol. The Hall–Kier alpha value is 0.234. The summed E-state index contributed by atoms with van der Waals surface area (Å²) in [7, 11) is -4.06. The van der Waals surface area contributed by atoms with Gasteiger partial charge in [0.15, 0.2) is 0 Å². The van der Waals surface area contributed by atoms with E-state index in [9.17, 15) is 0 Å². The third-order valence-electron chi connectivity index (χ3n) is 1.99. The second kappa shape index (κ2) is 9.20. The molecule has 5 nitrogen and oxygen atoms in total. The van der Waals surface area contributed by atoms with Gasteiger partial charge in [0.1, 0.15) is 8.96 Å². The molecule has 0 aliphatic rings. The van der Waals surface area contributed by atoms with E-state index in [4.69, 9.17) is 18.1 Å². The van der Waals surface area contributed by atoms with Crippen LogP contribution in [-0.4, -0.2) is 48.7 Å². The Morgan fingerprint density at radius 1 is 0.824 bits per heavy atom. The first-order valence-electron chi connectivity index (χ1n) is 6.41. The summed E-state index contributed by atoms with van der Waals surface area (Å²) in [6.45, 7) is 14.5. The minimum atomic E-state index is -2.84. The zero-order valence-corrected chi connectivity index (χ0v) is 14.1. The van der Waals surface area contributed by atoms with Crippen molar-refractivity contribution in [1.82, 2.24) is 4.39 Å². The summed E-state index contributed by atoms with van der Waals surface area (Å²) in [6.07, 6.45) is 0. The maximum atomic E-state index is 5.82. The van der Waals surface area contributed by atoms with Crippen LogP contribution in [0.3, 0.4) is 0 Å². The fourth-order valence-electron chi connectivity index (χ4n) is 1.55. The highest BCUT2D eigenvalue weighted by atomic mass is 28.4. The molecule has 7 heteroatoms. The molecule has 0 N–H and O–H groups in total. The van der Waals surface area contributed by atoms with Crippen LogP contribution in [0.25, 0.3) is 0 Å². The molecule has 0 aromatic rings. The van der Waals surface area contributed by atoms with Crippen LogP contribution in [-0.2, 0) is 18.1 Å². The molecule has 0 saturated carbocycles. The van der Waals surface area contributed by atoms with Crippen molar-refractivity contribution in [3.05, 3.63) is 0 Å². The Bertz CT molecular complexity index is 178. The molecular weight excluding hydrogens is 254 g/mol. The predicted molar refractivity (Wildman–Crippen MR) is 73.0 cm³/mol. The molecule has 0 rings (SSSR count). The molecule has 0 aromatic heterocycles. The van der Waals surface area contributed by atoms with Gasteiger partial charge in [-0.05, 0) is 27.7 Å². The summed E-state index contributed by atoms with van der Waals surface area (Å²) in [6, 6.07) is 0. The van der Waals surface area contributed by atoms with E-state index in [1.54, 1.807) is 0 Å². The third kappa shape index (κ3) is 5.17. The van der Waals surface area contributed by atoms with Crippen molar-refractivity contribution >= 4 is 17.9 Å². The van der Waals surface area contributed by atoms with Gasteiger partial charge in [0.2, 0.25) is 0 Å². The molecule has 17 heavy (non-hydrogen) atoms. The summed E-state index contributed by atoms with van der Waals surface area (Å²) in [4.78, 5) is 5.71. The van der Waals surface area contributed by atoms with Crippen LogP contribution in [0.4, 0.5) is 0 Å². The van der Waals surface area contributed by atoms with Gasteiger partial charge in [-0.2, -0.15) is 4.39 Å². The van der Waals surface area contributed by atoms with Crippen LogP contribution in [0.2, 0.25) is 13.1 Å². The molecule has 0 atom stereocenters. The van der Waals surface area contributed by atoms with Gasteiger partial charge < -0.3 is 18.1 Å². The predicted octanol–water partition coefficient (Wildman–Crippen LogP) is 1.77. The van der Waals surface area contributed by atoms with Crippen molar-refractivity contribution in [2.45, 2.75) is 40.8 Å². The number of hydrogen-bond acceptors (Lipinski definition) is 5. The van der Waals surface area contributed by atoms with Gasteiger partial charge in [0.25, 0.3) is 0 Å². The molecule has 0 aromatic carbocycles. The van der Waals surface area contributed by atoms with Gasteiger partial charge in [-0.1, -0.05) is 13.1 Å². The van der Waals surface area contributed by atoms with Gasteiger partial charge in [0.05, 0.1) is 6.61 Å². The van der Waals surface area contributed by atoms with Crippen molar-refractivity contribution in [2.75, 3.05) is 26.4 Å². The average Bonchev–Trinajstić information content (AvgIpc) is 2.26. The third-order valence-corrected chi connectivity index (χ3v) is 8.20. The van der Waals surface area contributed by atoms with Crippen LogP contribution in [0.1, 0.15) is 27.7 Å². The number of rotatable bonds is 10. The zero-order valence-electron chi connectivity index (χ0n) is 12.0. The molecular formula is C10H27NO4Si2. The Labute approximate surface area is 108 Å². The lowest BCUT2D eigenvalue weighted by Crippen LogP contribution is -2.64. The normalized spacial score (nSPS) is 12.7. The Morgan fingerprint density at radius 3 is 1.47 bits per heavy atom. The summed E-state index contributed by atoms with van der Waals surface area (Å²) in [5.41, 5.74) is 0. The van der Waals surface area contributed by atoms with E-state index in [1.165, 1.54) is 0 Å². The van der Waals surface area contributed by atoms with E-state index in [0.29, 0.717) is 26.4 Å². The first kappa shape index (κ1) is 17.2. The summed E-state index contributed by atoms with van der Waals surface area (Å²) in [5, 5.41) is 0. The van der Waals surface area contributed by atoms with Crippen LogP contribution < -0.4 is 0 Å². The lowest BCUT2D eigenvalue weighted by Gasteiger charge is -2.38. The fraction of sp³-hybridized carbons (Fsp3) is 1.00. The highest BCUT2D eigenvalue weighted by Crippen LogP contribution is 2.18. The van der Waals surface area contributed by atoms with E-state index in [0.717, 1.165) is 0 Å².